The van der Waals surface area contributed by atoms with Gasteiger partial charge < -0.3 is 10.4 Å². The van der Waals surface area contributed by atoms with E-state index in [1.165, 1.54) is 13.8 Å². The molecule has 0 bridgehead atoms. The number of hydrogen-bond donors (Lipinski definition) is 2. The highest BCUT2D eigenvalue weighted by molar-refractivity contribution is 6.33. The Morgan fingerprint density at radius 2 is 1.81 bits per heavy atom. The smallest absolute Gasteiger partial charge is 0.416 e. The van der Waals surface area contributed by atoms with E-state index in [1.807, 2.05) is 0 Å². The van der Waals surface area contributed by atoms with Gasteiger partial charge in [0.25, 0.3) is 0 Å². The lowest BCUT2D eigenvalue weighted by molar-refractivity contribution is -0.145. The van der Waals surface area contributed by atoms with Crippen LogP contribution in [0.3, 0.4) is 0 Å². The van der Waals surface area contributed by atoms with E-state index < -0.39 is 35.5 Å². The summed E-state index contributed by atoms with van der Waals surface area (Å²) in [5.74, 6) is -3.79. The lowest BCUT2D eigenvalue weighted by atomic mass is 9.95. The minimum atomic E-state index is -4.57. The Balaban J connectivity index is 2.97. The maximum atomic E-state index is 12.6. The number of hydrogen-bond acceptors (Lipinski definition) is 2. The van der Waals surface area contributed by atoms with Crippen molar-refractivity contribution in [3.8, 4) is 0 Å². The first-order valence-corrected chi connectivity index (χ1v) is 6.32. The van der Waals surface area contributed by atoms with Crippen LogP contribution in [0.15, 0.2) is 18.2 Å². The average molecular weight is 324 g/mol. The van der Waals surface area contributed by atoms with E-state index in [9.17, 15) is 22.8 Å². The van der Waals surface area contributed by atoms with Gasteiger partial charge >= 0.3 is 12.1 Å². The van der Waals surface area contributed by atoms with Gasteiger partial charge in [0.2, 0.25) is 5.91 Å². The number of halogens is 4. The minimum Gasteiger partial charge on any atom is -0.481 e. The third-order valence-electron chi connectivity index (χ3n) is 3.10. The standard InChI is InChI=1S/C13H13ClF3NO3/c1-6(7(2)12(20)21)11(19)18-10-5-8(13(15,16)17)3-4-9(10)14/h3-7H,1-2H3,(H,18,19)(H,20,21). The van der Waals surface area contributed by atoms with E-state index in [-0.39, 0.29) is 10.7 Å². The number of amides is 1. The maximum Gasteiger partial charge on any atom is 0.416 e. The van der Waals surface area contributed by atoms with Gasteiger partial charge in [0, 0.05) is 5.92 Å². The van der Waals surface area contributed by atoms with Crippen LogP contribution in [0.25, 0.3) is 0 Å². The number of carboxylic acid groups (broad SMARTS) is 1. The van der Waals surface area contributed by atoms with Crippen LogP contribution in [-0.4, -0.2) is 17.0 Å². The van der Waals surface area contributed by atoms with Gasteiger partial charge in [0.15, 0.2) is 0 Å². The molecule has 2 atom stereocenters. The van der Waals surface area contributed by atoms with Crippen molar-refractivity contribution in [1.82, 2.24) is 0 Å². The lowest BCUT2D eigenvalue weighted by Crippen LogP contribution is -2.30. The molecule has 0 radical (unpaired) electrons. The number of carbonyl (C=O) groups is 2. The fourth-order valence-electron chi connectivity index (χ4n) is 1.48. The number of nitrogens with one attached hydrogen (secondary N) is 1. The van der Waals surface area contributed by atoms with Gasteiger partial charge in [0.1, 0.15) is 0 Å². The molecule has 0 saturated heterocycles. The number of alkyl halides is 3. The van der Waals surface area contributed by atoms with Crippen molar-refractivity contribution >= 4 is 29.2 Å². The fourth-order valence-corrected chi connectivity index (χ4v) is 1.65. The van der Waals surface area contributed by atoms with Crippen molar-refractivity contribution < 1.29 is 27.9 Å². The third-order valence-corrected chi connectivity index (χ3v) is 3.43. The number of carbonyl (C=O) groups excluding carboxylic acids is 1. The van der Waals surface area contributed by atoms with Crippen LogP contribution < -0.4 is 5.32 Å². The Morgan fingerprint density at radius 1 is 1.24 bits per heavy atom. The maximum absolute atomic E-state index is 12.6. The van der Waals surface area contributed by atoms with Crippen molar-refractivity contribution in [2.24, 2.45) is 11.8 Å². The summed E-state index contributed by atoms with van der Waals surface area (Å²) in [7, 11) is 0. The second-order valence-corrected chi connectivity index (χ2v) is 5.00. The predicted octanol–water partition coefficient (Wildman–Crippen LogP) is 3.65. The molecule has 116 valence electrons. The predicted molar refractivity (Wildman–Crippen MR) is 71.0 cm³/mol. The van der Waals surface area contributed by atoms with Gasteiger partial charge in [-0.25, -0.2) is 0 Å². The number of aliphatic carboxylic acids is 1. The van der Waals surface area contributed by atoms with Crippen molar-refractivity contribution in [2.75, 3.05) is 5.32 Å². The lowest BCUT2D eigenvalue weighted by Gasteiger charge is -2.17. The highest BCUT2D eigenvalue weighted by Gasteiger charge is 2.32. The van der Waals surface area contributed by atoms with Crippen LogP contribution in [0.2, 0.25) is 5.02 Å². The van der Waals surface area contributed by atoms with Crippen molar-refractivity contribution in [3.63, 3.8) is 0 Å². The third kappa shape index (κ3) is 4.35. The van der Waals surface area contributed by atoms with Crippen LogP contribution >= 0.6 is 11.6 Å². The van der Waals surface area contributed by atoms with Crippen molar-refractivity contribution in [1.29, 1.82) is 0 Å². The second kappa shape index (κ2) is 6.34. The summed E-state index contributed by atoms with van der Waals surface area (Å²) in [6.07, 6.45) is -4.57. The summed E-state index contributed by atoms with van der Waals surface area (Å²) in [5, 5.41) is 11.0. The summed E-state index contributed by atoms with van der Waals surface area (Å²) in [6.45, 7) is 2.70. The number of rotatable bonds is 4. The van der Waals surface area contributed by atoms with E-state index in [0.717, 1.165) is 12.1 Å². The molecule has 0 aliphatic rings. The molecule has 1 aromatic rings. The van der Waals surface area contributed by atoms with Crippen molar-refractivity contribution in [2.45, 2.75) is 20.0 Å². The zero-order valence-electron chi connectivity index (χ0n) is 11.2. The first-order valence-electron chi connectivity index (χ1n) is 5.94. The molecule has 0 aliphatic heterocycles. The zero-order valence-corrected chi connectivity index (χ0v) is 11.9. The largest absolute Gasteiger partial charge is 0.481 e. The van der Waals surface area contributed by atoms with Crippen LogP contribution in [0, 0.1) is 11.8 Å². The van der Waals surface area contributed by atoms with Gasteiger partial charge in [-0.3, -0.25) is 9.59 Å². The molecule has 0 fully saturated rings. The molecule has 1 amide bonds. The SMILES string of the molecule is CC(C(=O)O)C(C)C(=O)Nc1cc(C(F)(F)F)ccc1Cl. The first kappa shape index (κ1) is 17.3. The molecule has 0 saturated carbocycles. The van der Waals surface area contributed by atoms with Crippen LogP contribution in [0.4, 0.5) is 18.9 Å². The van der Waals surface area contributed by atoms with Crippen LogP contribution in [-0.2, 0) is 15.8 Å². The topological polar surface area (TPSA) is 66.4 Å². The number of benzene rings is 1. The molecule has 2 unspecified atom stereocenters. The molecule has 2 N–H and O–H groups in total. The summed E-state index contributed by atoms with van der Waals surface area (Å²) in [6, 6.07) is 2.52. The van der Waals surface area contributed by atoms with E-state index in [0.29, 0.717) is 6.07 Å². The quantitative estimate of drug-likeness (QED) is 0.888. The summed E-state index contributed by atoms with van der Waals surface area (Å²) < 4.78 is 37.8. The highest BCUT2D eigenvalue weighted by atomic mass is 35.5. The minimum absolute atomic E-state index is 0.0634. The van der Waals surface area contributed by atoms with E-state index >= 15 is 0 Å². The summed E-state index contributed by atoms with van der Waals surface area (Å²) in [5.41, 5.74) is -1.16. The molecule has 0 heterocycles. The van der Waals surface area contributed by atoms with Gasteiger partial charge in [-0.05, 0) is 18.2 Å². The van der Waals surface area contributed by atoms with Crippen molar-refractivity contribution in [3.05, 3.63) is 28.8 Å². The molecule has 0 aromatic heterocycles. The van der Waals surface area contributed by atoms with Crippen LogP contribution in [0.1, 0.15) is 19.4 Å². The Labute approximate surface area is 123 Å². The molecule has 21 heavy (non-hydrogen) atoms. The van der Waals surface area contributed by atoms with E-state index in [2.05, 4.69) is 5.32 Å². The molecule has 8 heteroatoms. The Kier molecular flexibility index (Phi) is 5.22. The molecular weight excluding hydrogens is 311 g/mol. The Bertz CT molecular complexity index is 560. The molecule has 0 spiro atoms. The average Bonchev–Trinajstić information content (AvgIpc) is 2.37. The molecule has 0 aliphatic carbocycles. The van der Waals surface area contributed by atoms with Crippen LogP contribution in [0.5, 0.6) is 0 Å². The number of carboxylic acids is 1. The normalized spacial score (nSPS) is 14.4. The number of anilines is 1. The van der Waals surface area contributed by atoms with Gasteiger partial charge in [-0.2, -0.15) is 13.2 Å². The summed E-state index contributed by atoms with van der Waals surface area (Å²) in [4.78, 5) is 22.7. The molecule has 4 nitrogen and oxygen atoms in total. The first-order chi connectivity index (χ1) is 9.54. The zero-order chi connectivity index (χ0) is 16.4. The monoisotopic (exact) mass is 323 g/mol. The van der Waals surface area contributed by atoms with E-state index in [1.54, 1.807) is 0 Å². The molecule has 1 aromatic carbocycles. The van der Waals surface area contributed by atoms with Gasteiger partial charge in [-0.15, -0.1) is 0 Å². The Hall–Kier alpha value is -1.76. The second-order valence-electron chi connectivity index (χ2n) is 4.60. The fraction of sp³-hybridized carbons (Fsp3) is 0.385. The Morgan fingerprint density at radius 3 is 2.29 bits per heavy atom. The molecular formula is C13H13ClF3NO3. The van der Waals surface area contributed by atoms with Gasteiger partial charge in [0.05, 0.1) is 22.2 Å². The summed E-state index contributed by atoms with van der Waals surface area (Å²) >= 11 is 5.74. The highest BCUT2D eigenvalue weighted by Crippen LogP contribution is 2.34. The molecule has 1 rings (SSSR count). The van der Waals surface area contributed by atoms with E-state index in [4.69, 9.17) is 16.7 Å². The van der Waals surface area contributed by atoms with Gasteiger partial charge in [-0.1, -0.05) is 25.4 Å².